The van der Waals surface area contributed by atoms with Gasteiger partial charge < -0.3 is 15.7 Å². The van der Waals surface area contributed by atoms with Crippen LogP contribution >= 0.6 is 11.3 Å². The van der Waals surface area contributed by atoms with Crippen molar-refractivity contribution in [2.45, 2.75) is 52.6 Å². The molecule has 3 atom stereocenters. The molecule has 0 radical (unpaired) electrons. The van der Waals surface area contributed by atoms with E-state index < -0.39 is 18.0 Å². The largest absolute Gasteiger partial charge is 0.480 e. The van der Waals surface area contributed by atoms with Gasteiger partial charge in [-0.25, -0.2) is 9.59 Å². The summed E-state index contributed by atoms with van der Waals surface area (Å²) in [6, 6.07) is 2.77. The van der Waals surface area contributed by atoms with Crippen LogP contribution in [0.3, 0.4) is 0 Å². The van der Waals surface area contributed by atoms with Crippen molar-refractivity contribution >= 4 is 23.3 Å². The highest BCUT2D eigenvalue weighted by molar-refractivity contribution is 7.11. The molecule has 0 fully saturated rings. The van der Waals surface area contributed by atoms with Crippen molar-refractivity contribution in [2.75, 3.05) is 0 Å². The zero-order valence-electron chi connectivity index (χ0n) is 13.0. The quantitative estimate of drug-likeness (QED) is 0.724. The fourth-order valence-electron chi connectivity index (χ4n) is 2.04. The number of thiophene rings is 1. The molecule has 118 valence electrons. The van der Waals surface area contributed by atoms with Gasteiger partial charge in [0.15, 0.2) is 0 Å². The summed E-state index contributed by atoms with van der Waals surface area (Å²) in [4.78, 5) is 25.5. The average Bonchev–Trinajstić information content (AvgIpc) is 2.79. The van der Waals surface area contributed by atoms with Crippen molar-refractivity contribution in [2.24, 2.45) is 5.92 Å². The molecule has 1 rings (SSSR count). The first-order valence-electron chi connectivity index (χ1n) is 7.18. The van der Waals surface area contributed by atoms with Crippen LogP contribution in [-0.4, -0.2) is 29.2 Å². The Hall–Kier alpha value is -1.56. The number of aliphatic carboxylic acids is 1. The lowest BCUT2D eigenvalue weighted by molar-refractivity contribution is -0.140. The lowest BCUT2D eigenvalue weighted by Crippen LogP contribution is -2.51. The molecule has 0 aliphatic carbocycles. The first-order chi connectivity index (χ1) is 9.83. The van der Waals surface area contributed by atoms with Crippen molar-refractivity contribution < 1.29 is 14.7 Å². The van der Waals surface area contributed by atoms with Crippen LogP contribution in [0, 0.1) is 12.8 Å². The van der Waals surface area contributed by atoms with E-state index in [0.717, 1.165) is 6.42 Å². The van der Waals surface area contributed by atoms with Gasteiger partial charge in [-0.15, -0.1) is 11.3 Å². The number of hydrogen-bond acceptors (Lipinski definition) is 3. The molecule has 0 aromatic carbocycles. The first kappa shape index (κ1) is 17.5. The molecule has 1 aromatic heterocycles. The third-order valence-corrected chi connectivity index (χ3v) is 4.47. The number of carboxylic acids is 1. The number of hydrogen-bond donors (Lipinski definition) is 3. The number of nitrogens with one attached hydrogen (secondary N) is 2. The number of carboxylic acid groups (broad SMARTS) is 1. The number of aryl methyl sites for hydroxylation is 1. The normalized spacial score (nSPS) is 15.0. The predicted molar refractivity (Wildman–Crippen MR) is 84.8 cm³/mol. The molecule has 0 spiro atoms. The molecule has 2 amide bonds. The summed E-state index contributed by atoms with van der Waals surface area (Å²) in [5, 5.41) is 14.5. The number of carbonyl (C=O) groups is 2. The van der Waals surface area contributed by atoms with E-state index in [9.17, 15) is 9.59 Å². The first-order valence-corrected chi connectivity index (χ1v) is 8.00. The third-order valence-electron chi connectivity index (χ3n) is 3.45. The van der Waals surface area contributed by atoms with Crippen LogP contribution in [0.15, 0.2) is 12.1 Å². The lowest BCUT2D eigenvalue weighted by Gasteiger charge is -2.22. The Balaban J connectivity index is 2.49. The van der Waals surface area contributed by atoms with Gasteiger partial charge in [-0.05, 0) is 31.9 Å². The van der Waals surface area contributed by atoms with Crippen LogP contribution in [0.25, 0.3) is 0 Å². The fourth-order valence-corrected chi connectivity index (χ4v) is 3.06. The van der Waals surface area contributed by atoms with Crippen LogP contribution in [0.1, 0.15) is 36.9 Å². The molecule has 0 aliphatic rings. The Labute approximate surface area is 129 Å². The van der Waals surface area contributed by atoms with Gasteiger partial charge >= 0.3 is 12.0 Å². The molecule has 1 aromatic rings. The van der Waals surface area contributed by atoms with Crippen LogP contribution in [0.2, 0.25) is 0 Å². The molecule has 6 heteroatoms. The Bertz CT molecular complexity index is 487. The Kier molecular flexibility index (Phi) is 6.68. The van der Waals surface area contributed by atoms with Crippen molar-refractivity contribution in [3.05, 3.63) is 21.9 Å². The van der Waals surface area contributed by atoms with Crippen LogP contribution < -0.4 is 10.6 Å². The second-order valence-corrected chi connectivity index (χ2v) is 6.81. The highest BCUT2D eigenvalue weighted by atomic mass is 32.1. The van der Waals surface area contributed by atoms with Crippen LogP contribution in [-0.2, 0) is 11.2 Å². The zero-order valence-corrected chi connectivity index (χ0v) is 13.8. The fraction of sp³-hybridized carbons (Fsp3) is 0.600. The van der Waals surface area contributed by atoms with Gasteiger partial charge in [-0.1, -0.05) is 20.3 Å². The van der Waals surface area contributed by atoms with E-state index in [1.807, 2.05) is 27.7 Å². The van der Waals surface area contributed by atoms with Gasteiger partial charge in [0, 0.05) is 22.2 Å². The SMILES string of the molecule is CC[C@H](C)[C@H](NC(=O)NC(C)Cc1ccc(C)s1)C(=O)O. The summed E-state index contributed by atoms with van der Waals surface area (Å²) in [6.07, 6.45) is 1.44. The Morgan fingerprint density at radius 2 is 1.95 bits per heavy atom. The van der Waals surface area contributed by atoms with Gasteiger partial charge in [-0.3, -0.25) is 0 Å². The molecule has 1 heterocycles. The van der Waals surface area contributed by atoms with E-state index in [1.54, 1.807) is 11.3 Å². The minimum Gasteiger partial charge on any atom is -0.480 e. The topological polar surface area (TPSA) is 78.4 Å². The van der Waals surface area contributed by atoms with Crippen molar-refractivity contribution in [3.63, 3.8) is 0 Å². The smallest absolute Gasteiger partial charge is 0.326 e. The predicted octanol–water partition coefficient (Wildman–Crippen LogP) is 2.79. The highest BCUT2D eigenvalue weighted by Gasteiger charge is 2.25. The molecular formula is C15H24N2O3S. The number of carbonyl (C=O) groups excluding carboxylic acids is 1. The summed E-state index contributed by atoms with van der Waals surface area (Å²) < 4.78 is 0. The maximum absolute atomic E-state index is 11.9. The van der Waals surface area contributed by atoms with E-state index in [0.29, 0.717) is 6.42 Å². The number of rotatable bonds is 7. The number of urea groups is 1. The summed E-state index contributed by atoms with van der Waals surface area (Å²) >= 11 is 1.70. The zero-order chi connectivity index (χ0) is 16.0. The van der Waals surface area contributed by atoms with Crippen molar-refractivity contribution in [1.29, 1.82) is 0 Å². The molecule has 0 saturated heterocycles. The lowest BCUT2D eigenvalue weighted by atomic mass is 9.99. The summed E-state index contributed by atoms with van der Waals surface area (Å²) in [5.41, 5.74) is 0. The molecule has 5 nitrogen and oxygen atoms in total. The summed E-state index contributed by atoms with van der Waals surface area (Å²) in [5.74, 6) is -1.11. The van der Waals surface area contributed by atoms with E-state index >= 15 is 0 Å². The Morgan fingerprint density at radius 1 is 1.29 bits per heavy atom. The molecule has 3 N–H and O–H groups in total. The third kappa shape index (κ3) is 5.75. The standard InChI is InChI=1S/C15H24N2O3S/c1-5-9(2)13(14(18)19)17-15(20)16-10(3)8-12-7-6-11(4)21-12/h6-7,9-10,13H,5,8H2,1-4H3,(H,18,19)(H2,16,17,20)/t9-,10?,13-/m0/s1. The van der Waals surface area contributed by atoms with Crippen LogP contribution in [0.5, 0.6) is 0 Å². The Morgan fingerprint density at radius 3 is 2.43 bits per heavy atom. The number of amides is 2. The van der Waals surface area contributed by atoms with E-state index in [1.165, 1.54) is 9.75 Å². The second-order valence-electron chi connectivity index (χ2n) is 5.44. The van der Waals surface area contributed by atoms with E-state index in [-0.39, 0.29) is 12.0 Å². The summed E-state index contributed by atoms with van der Waals surface area (Å²) in [6.45, 7) is 7.68. The molecular weight excluding hydrogens is 288 g/mol. The highest BCUT2D eigenvalue weighted by Crippen LogP contribution is 2.16. The molecule has 1 unspecified atom stereocenters. The molecule has 21 heavy (non-hydrogen) atoms. The van der Waals surface area contributed by atoms with E-state index in [2.05, 4.69) is 22.8 Å². The molecule has 0 bridgehead atoms. The molecule has 0 saturated carbocycles. The maximum atomic E-state index is 11.9. The monoisotopic (exact) mass is 312 g/mol. The average molecular weight is 312 g/mol. The van der Waals surface area contributed by atoms with Gasteiger partial charge in [0.2, 0.25) is 0 Å². The van der Waals surface area contributed by atoms with Crippen molar-refractivity contribution in [3.8, 4) is 0 Å². The minimum atomic E-state index is -0.999. The van der Waals surface area contributed by atoms with Crippen LogP contribution in [0.4, 0.5) is 4.79 Å². The van der Waals surface area contributed by atoms with Crippen molar-refractivity contribution in [1.82, 2.24) is 10.6 Å². The van der Waals surface area contributed by atoms with E-state index in [4.69, 9.17) is 5.11 Å². The van der Waals surface area contributed by atoms with Gasteiger partial charge in [-0.2, -0.15) is 0 Å². The summed E-state index contributed by atoms with van der Waals surface area (Å²) in [7, 11) is 0. The second kappa shape index (κ2) is 8.02. The molecule has 0 aliphatic heterocycles. The van der Waals surface area contributed by atoms with Gasteiger partial charge in [0.25, 0.3) is 0 Å². The maximum Gasteiger partial charge on any atom is 0.326 e. The minimum absolute atomic E-state index is 0.0468. The van der Waals surface area contributed by atoms with Gasteiger partial charge in [0.1, 0.15) is 6.04 Å². The van der Waals surface area contributed by atoms with Gasteiger partial charge in [0.05, 0.1) is 0 Å².